The van der Waals surface area contributed by atoms with Crippen LogP contribution in [0.1, 0.15) is 11.1 Å². The van der Waals surface area contributed by atoms with Crippen LogP contribution in [-0.4, -0.2) is 26.4 Å². The second-order valence-corrected chi connectivity index (χ2v) is 8.21. The van der Waals surface area contributed by atoms with Gasteiger partial charge in [-0.05, 0) is 86.6 Å². The van der Waals surface area contributed by atoms with Gasteiger partial charge in [-0.15, -0.1) is 0 Å². The SMILES string of the molecule is Cc1ccc(OCCOc2ccc(N=Nc3ccc(OCCOc4ccc(C)cc4)cc3)cc2)cc1. The van der Waals surface area contributed by atoms with E-state index < -0.39 is 0 Å². The van der Waals surface area contributed by atoms with E-state index in [1.807, 2.05) is 111 Å². The monoisotopic (exact) mass is 482 g/mol. The minimum atomic E-state index is 0.460. The van der Waals surface area contributed by atoms with Gasteiger partial charge in [-0.2, -0.15) is 10.2 Å². The van der Waals surface area contributed by atoms with Gasteiger partial charge in [0, 0.05) is 0 Å². The first-order valence-electron chi connectivity index (χ1n) is 11.9. The Kier molecular flexibility index (Phi) is 8.92. The molecule has 184 valence electrons. The summed E-state index contributed by atoms with van der Waals surface area (Å²) in [6, 6.07) is 30.9. The summed E-state index contributed by atoms with van der Waals surface area (Å²) in [5.41, 5.74) is 3.90. The van der Waals surface area contributed by atoms with Crippen molar-refractivity contribution in [2.24, 2.45) is 10.2 Å². The van der Waals surface area contributed by atoms with Crippen molar-refractivity contribution in [3.05, 3.63) is 108 Å². The first-order valence-corrected chi connectivity index (χ1v) is 11.9. The van der Waals surface area contributed by atoms with Crippen LogP contribution in [0.5, 0.6) is 23.0 Å². The topological polar surface area (TPSA) is 61.6 Å². The van der Waals surface area contributed by atoms with Gasteiger partial charge in [0.1, 0.15) is 49.4 Å². The molecule has 0 heterocycles. The molecular weight excluding hydrogens is 452 g/mol. The molecule has 0 radical (unpaired) electrons. The number of rotatable bonds is 12. The Labute approximate surface area is 212 Å². The summed E-state index contributed by atoms with van der Waals surface area (Å²) in [6.45, 7) is 5.97. The molecule has 0 bridgehead atoms. The van der Waals surface area contributed by atoms with Gasteiger partial charge in [-0.1, -0.05) is 35.4 Å². The number of nitrogens with zero attached hydrogens (tertiary/aromatic N) is 2. The lowest BCUT2D eigenvalue weighted by Crippen LogP contribution is -2.08. The predicted molar refractivity (Wildman–Crippen MR) is 141 cm³/mol. The summed E-state index contributed by atoms with van der Waals surface area (Å²) in [7, 11) is 0. The Hall–Kier alpha value is -4.32. The summed E-state index contributed by atoms with van der Waals surface area (Å²) in [5.74, 6) is 3.20. The van der Waals surface area contributed by atoms with Gasteiger partial charge >= 0.3 is 0 Å². The molecule has 4 aromatic carbocycles. The number of hydrogen-bond donors (Lipinski definition) is 0. The molecule has 4 aromatic rings. The van der Waals surface area contributed by atoms with Gasteiger partial charge < -0.3 is 18.9 Å². The van der Waals surface area contributed by atoms with E-state index in [-0.39, 0.29) is 0 Å². The summed E-state index contributed by atoms with van der Waals surface area (Å²) in [6.07, 6.45) is 0. The van der Waals surface area contributed by atoms with Crippen LogP contribution < -0.4 is 18.9 Å². The van der Waals surface area contributed by atoms with Gasteiger partial charge in [-0.3, -0.25) is 0 Å². The second-order valence-electron chi connectivity index (χ2n) is 8.21. The molecule has 0 aliphatic rings. The second kappa shape index (κ2) is 13.0. The number of aryl methyl sites for hydroxylation is 2. The molecule has 0 amide bonds. The van der Waals surface area contributed by atoms with Crippen molar-refractivity contribution in [2.45, 2.75) is 13.8 Å². The molecule has 0 saturated heterocycles. The Morgan fingerprint density at radius 2 is 0.639 bits per heavy atom. The normalized spacial score (nSPS) is 10.8. The minimum absolute atomic E-state index is 0.460. The van der Waals surface area contributed by atoms with Crippen molar-refractivity contribution in [3.63, 3.8) is 0 Å². The molecule has 6 heteroatoms. The first kappa shape index (κ1) is 24.8. The Morgan fingerprint density at radius 1 is 0.389 bits per heavy atom. The molecule has 0 aliphatic heterocycles. The fourth-order valence-corrected chi connectivity index (χ4v) is 3.24. The third-order valence-electron chi connectivity index (χ3n) is 5.24. The fraction of sp³-hybridized carbons (Fsp3) is 0.200. The highest BCUT2D eigenvalue weighted by atomic mass is 16.5. The maximum absolute atomic E-state index is 5.73. The molecule has 0 aromatic heterocycles. The lowest BCUT2D eigenvalue weighted by atomic mass is 10.2. The van der Waals surface area contributed by atoms with Gasteiger partial charge in [0.15, 0.2) is 0 Å². The van der Waals surface area contributed by atoms with Crippen LogP contribution >= 0.6 is 0 Å². The molecule has 0 aliphatic carbocycles. The molecule has 0 atom stereocenters. The number of benzene rings is 4. The van der Waals surface area contributed by atoms with E-state index in [2.05, 4.69) is 10.2 Å². The van der Waals surface area contributed by atoms with Crippen LogP contribution in [0.2, 0.25) is 0 Å². The molecule has 4 rings (SSSR count). The Morgan fingerprint density at radius 3 is 0.917 bits per heavy atom. The van der Waals surface area contributed by atoms with Gasteiger partial charge in [0.25, 0.3) is 0 Å². The summed E-state index contributed by atoms with van der Waals surface area (Å²) < 4.78 is 22.8. The van der Waals surface area contributed by atoms with Gasteiger partial charge in [0.05, 0.1) is 11.4 Å². The van der Waals surface area contributed by atoms with Crippen LogP contribution in [0.4, 0.5) is 11.4 Å². The molecule has 0 unspecified atom stereocenters. The highest BCUT2D eigenvalue weighted by Gasteiger charge is 1.99. The summed E-state index contributed by atoms with van der Waals surface area (Å²) >= 11 is 0. The molecular formula is C30H30N2O4. The summed E-state index contributed by atoms with van der Waals surface area (Å²) in [4.78, 5) is 0. The zero-order chi connectivity index (χ0) is 25.0. The van der Waals surface area contributed by atoms with E-state index in [1.165, 1.54) is 11.1 Å². The van der Waals surface area contributed by atoms with Crippen molar-refractivity contribution in [1.82, 2.24) is 0 Å². The van der Waals surface area contributed by atoms with Crippen LogP contribution in [-0.2, 0) is 0 Å². The van der Waals surface area contributed by atoms with Crippen LogP contribution in [0, 0.1) is 13.8 Å². The average Bonchev–Trinajstić information content (AvgIpc) is 2.91. The molecule has 36 heavy (non-hydrogen) atoms. The third kappa shape index (κ3) is 8.17. The van der Waals surface area contributed by atoms with Crippen molar-refractivity contribution >= 4 is 11.4 Å². The smallest absolute Gasteiger partial charge is 0.122 e. The molecule has 0 N–H and O–H groups in total. The van der Waals surface area contributed by atoms with Crippen LogP contribution in [0.3, 0.4) is 0 Å². The van der Waals surface area contributed by atoms with Crippen molar-refractivity contribution < 1.29 is 18.9 Å². The molecule has 0 fully saturated rings. The highest BCUT2D eigenvalue weighted by Crippen LogP contribution is 2.23. The van der Waals surface area contributed by atoms with E-state index in [0.29, 0.717) is 26.4 Å². The lowest BCUT2D eigenvalue weighted by molar-refractivity contribution is 0.217. The van der Waals surface area contributed by atoms with Crippen LogP contribution in [0.15, 0.2) is 107 Å². The number of azo groups is 1. The van der Waals surface area contributed by atoms with Crippen molar-refractivity contribution in [2.75, 3.05) is 26.4 Å². The zero-order valence-electron chi connectivity index (χ0n) is 20.6. The average molecular weight is 483 g/mol. The largest absolute Gasteiger partial charge is 0.490 e. The standard InChI is InChI=1S/C30H30N2O4/c1-23-3-11-27(12-4-23)33-19-21-35-29-15-7-25(8-16-29)31-32-26-9-17-30(18-10-26)36-22-20-34-28-13-5-24(2)6-14-28/h3-18H,19-22H2,1-2H3. The molecule has 0 saturated carbocycles. The van der Waals surface area contributed by atoms with Gasteiger partial charge in [0.2, 0.25) is 0 Å². The number of hydrogen-bond acceptors (Lipinski definition) is 6. The summed E-state index contributed by atoms with van der Waals surface area (Å²) in [5, 5.41) is 8.58. The Balaban J connectivity index is 1.15. The maximum atomic E-state index is 5.73. The maximum Gasteiger partial charge on any atom is 0.122 e. The predicted octanol–water partition coefficient (Wildman–Crippen LogP) is 7.63. The van der Waals surface area contributed by atoms with Gasteiger partial charge in [-0.25, -0.2) is 0 Å². The highest BCUT2D eigenvalue weighted by molar-refractivity contribution is 5.44. The molecule has 0 spiro atoms. The van der Waals surface area contributed by atoms with E-state index in [9.17, 15) is 0 Å². The zero-order valence-corrected chi connectivity index (χ0v) is 20.6. The quantitative estimate of drug-likeness (QED) is 0.154. The van der Waals surface area contributed by atoms with E-state index in [0.717, 1.165) is 34.4 Å². The van der Waals surface area contributed by atoms with E-state index in [1.54, 1.807) is 0 Å². The fourth-order valence-electron chi connectivity index (χ4n) is 3.24. The number of ether oxygens (including phenoxy) is 4. The molecule has 6 nitrogen and oxygen atoms in total. The van der Waals surface area contributed by atoms with Crippen LogP contribution in [0.25, 0.3) is 0 Å². The Bertz CT molecular complexity index is 1120. The third-order valence-corrected chi connectivity index (χ3v) is 5.24. The van der Waals surface area contributed by atoms with E-state index >= 15 is 0 Å². The lowest BCUT2D eigenvalue weighted by Gasteiger charge is -2.09. The van der Waals surface area contributed by atoms with Crippen molar-refractivity contribution in [1.29, 1.82) is 0 Å². The van der Waals surface area contributed by atoms with E-state index in [4.69, 9.17) is 18.9 Å². The first-order chi connectivity index (χ1) is 17.6. The van der Waals surface area contributed by atoms with Crippen molar-refractivity contribution in [3.8, 4) is 23.0 Å². The minimum Gasteiger partial charge on any atom is -0.490 e.